The summed E-state index contributed by atoms with van der Waals surface area (Å²) >= 11 is 0. The van der Waals surface area contributed by atoms with E-state index in [9.17, 15) is 4.79 Å². The molecular formula is C16H20O5. The highest BCUT2D eigenvalue weighted by atomic mass is 16.8. The van der Waals surface area contributed by atoms with Gasteiger partial charge in [-0.2, -0.15) is 0 Å². The molecule has 2 saturated heterocycles. The van der Waals surface area contributed by atoms with Gasteiger partial charge in [-0.15, -0.1) is 0 Å². The van der Waals surface area contributed by atoms with Gasteiger partial charge < -0.3 is 18.9 Å². The summed E-state index contributed by atoms with van der Waals surface area (Å²) in [7, 11) is 0. The summed E-state index contributed by atoms with van der Waals surface area (Å²) in [5, 5.41) is 0. The molecule has 0 saturated carbocycles. The van der Waals surface area contributed by atoms with Gasteiger partial charge in [-0.1, -0.05) is 25.1 Å². The van der Waals surface area contributed by atoms with E-state index in [-0.39, 0.29) is 36.9 Å². The molecule has 3 rings (SSSR count). The first-order valence-corrected chi connectivity index (χ1v) is 7.39. The van der Waals surface area contributed by atoms with Gasteiger partial charge in [0.15, 0.2) is 12.6 Å². The van der Waals surface area contributed by atoms with Gasteiger partial charge in [-0.05, 0) is 25.5 Å². The Morgan fingerprint density at radius 3 is 2.71 bits per heavy atom. The number of carbonyl (C=O) groups excluding carboxylic acids is 1. The maximum absolute atomic E-state index is 12.1. The number of hydrogen-bond acceptors (Lipinski definition) is 5. The van der Waals surface area contributed by atoms with E-state index in [2.05, 4.69) is 0 Å². The molecule has 5 atom stereocenters. The maximum Gasteiger partial charge on any atom is 0.338 e. The lowest BCUT2D eigenvalue weighted by Crippen LogP contribution is -2.46. The topological polar surface area (TPSA) is 54.0 Å². The van der Waals surface area contributed by atoms with Crippen LogP contribution < -0.4 is 0 Å². The quantitative estimate of drug-likeness (QED) is 0.801. The number of rotatable bonds is 3. The van der Waals surface area contributed by atoms with Crippen molar-refractivity contribution in [1.29, 1.82) is 0 Å². The Balaban J connectivity index is 1.63. The third-order valence-electron chi connectivity index (χ3n) is 3.85. The number of benzene rings is 1. The summed E-state index contributed by atoms with van der Waals surface area (Å²) in [6, 6.07) is 8.96. The van der Waals surface area contributed by atoms with Crippen LogP contribution in [0.15, 0.2) is 30.3 Å². The third kappa shape index (κ3) is 3.10. The number of fused-ring (bicyclic) bond motifs is 1. The molecule has 5 heteroatoms. The molecule has 1 aromatic carbocycles. The first-order chi connectivity index (χ1) is 10.2. The molecule has 0 N–H and O–H groups in total. The van der Waals surface area contributed by atoms with Crippen LogP contribution in [0, 0.1) is 0 Å². The van der Waals surface area contributed by atoms with Crippen LogP contribution in [0.1, 0.15) is 37.0 Å². The molecular weight excluding hydrogens is 272 g/mol. The molecule has 21 heavy (non-hydrogen) atoms. The Kier molecular flexibility index (Phi) is 4.24. The van der Waals surface area contributed by atoms with Gasteiger partial charge in [0.05, 0.1) is 11.7 Å². The van der Waals surface area contributed by atoms with Crippen LogP contribution in [0.4, 0.5) is 0 Å². The molecule has 0 aromatic heterocycles. The monoisotopic (exact) mass is 292 g/mol. The van der Waals surface area contributed by atoms with Crippen LogP contribution >= 0.6 is 0 Å². The predicted molar refractivity (Wildman–Crippen MR) is 74.6 cm³/mol. The van der Waals surface area contributed by atoms with Crippen molar-refractivity contribution in [2.24, 2.45) is 0 Å². The second kappa shape index (κ2) is 6.13. The molecule has 114 valence electrons. The summed E-state index contributed by atoms with van der Waals surface area (Å²) in [5.74, 6) is -0.333. The molecule has 0 unspecified atom stereocenters. The van der Waals surface area contributed by atoms with Gasteiger partial charge in [-0.25, -0.2) is 4.79 Å². The lowest BCUT2D eigenvalue weighted by molar-refractivity contribution is -0.209. The fourth-order valence-corrected chi connectivity index (χ4v) is 2.65. The van der Waals surface area contributed by atoms with E-state index in [0.29, 0.717) is 12.0 Å². The van der Waals surface area contributed by atoms with Crippen molar-refractivity contribution in [3.05, 3.63) is 35.9 Å². The van der Waals surface area contributed by atoms with Crippen LogP contribution in [0.25, 0.3) is 0 Å². The second-order valence-electron chi connectivity index (χ2n) is 5.40. The summed E-state index contributed by atoms with van der Waals surface area (Å²) < 4.78 is 22.7. The van der Waals surface area contributed by atoms with E-state index in [1.165, 1.54) is 0 Å². The first-order valence-electron chi connectivity index (χ1n) is 7.39. The summed E-state index contributed by atoms with van der Waals surface area (Å²) in [6.07, 6.45) is 0.100. The number of hydrogen-bond donors (Lipinski definition) is 0. The molecule has 5 nitrogen and oxygen atoms in total. The highest BCUT2D eigenvalue weighted by Gasteiger charge is 2.45. The normalized spacial score (nSPS) is 35.2. The summed E-state index contributed by atoms with van der Waals surface area (Å²) in [5.41, 5.74) is 0.543. The predicted octanol–water partition coefficient (Wildman–Crippen LogP) is 2.50. The van der Waals surface area contributed by atoms with E-state index >= 15 is 0 Å². The van der Waals surface area contributed by atoms with E-state index < -0.39 is 0 Å². The number of esters is 1. The lowest BCUT2D eigenvalue weighted by atomic mass is 10.0. The average molecular weight is 292 g/mol. The zero-order valence-electron chi connectivity index (χ0n) is 12.2. The summed E-state index contributed by atoms with van der Waals surface area (Å²) in [4.78, 5) is 12.1. The van der Waals surface area contributed by atoms with E-state index in [1.807, 2.05) is 32.0 Å². The number of carbonyl (C=O) groups is 1. The van der Waals surface area contributed by atoms with Crippen molar-refractivity contribution in [2.75, 3.05) is 0 Å². The molecule has 0 spiro atoms. The molecule has 0 bridgehead atoms. The van der Waals surface area contributed by atoms with Crippen molar-refractivity contribution >= 4 is 5.97 Å². The van der Waals surface area contributed by atoms with Gasteiger partial charge in [0.25, 0.3) is 0 Å². The minimum absolute atomic E-state index is 0.167. The van der Waals surface area contributed by atoms with Crippen LogP contribution in [-0.2, 0) is 18.9 Å². The van der Waals surface area contributed by atoms with Crippen molar-refractivity contribution in [3.8, 4) is 0 Å². The Morgan fingerprint density at radius 2 is 2.00 bits per heavy atom. The number of ether oxygens (including phenoxy) is 4. The second-order valence-corrected chi connectivity index (χ2v) is 5.40. The van der Waals surface area contributed by atoms with Crippen molar-refractivity contribution in [3.63, 3.8) is 0 Å². The van der Waals surface area contributed by atoms with Crippen molar-refractivity contribution < 1.29 is 23.7 Å². The van der Waals surface area contributed by atoms with Crippen molar-refractivity contribution in [1.82, 2.24) is 0 Å². The zero-order chi connectivity index (χ0) is 14.8. The van der Waals surface area contributed by atoms with Crippen molar-refractivity contribution in [2.45, 2.75) is 57.6 Å². The van der Waals surface area contributed by atoms with E-state index in [4.69, 9.17) is 18.9 Å². The molecule has 2 aliphatic heterocycles. The van der Waals surface area contributed by atoms with E-state index in [1.54, 1.807) is 12.1 Å². The highest BCUT2D eigenvalue weighted by Crippen LogP contribution is 2.33. The van der Waals surface area contributed by atoms with Gasteiger partial charge in [0.1, 0.15) is 12.2 Å². The zero-order valence-corrected chi connectivity index (χ0v) is 12.2. The van der Waals surface area contributed by atoms with Gasteiger partial charge in [0.2, 0.25) is 0 Å². The fraction of sp³-hybridized carbons (Fsp3) is 0.562. The third-order valence-corrected chi connectivity index (χ3v) is 3.85. The summed E-state index contributed by atoms with van der Waals surface area (Å²) in [6.45, 7) is 3.89. The SMILES string of the molecule is CC[C@H]1O[C@H]2O[C@H](C)[C@@H](OC(=O)c3ccccc3)C[C@H]2O1. The molecule has 0 aliphatic carbocycles. The molecule has 0 amide bonds. The molecule has 2 aliphatic rings. The minimum Gasteiger partial charge on any atom is -0.456 e. The van der Waals surface area contributed by atoms with Crippen LogP contribution in [0.3, 0.4) is 0 Å². The minimum atomic E-state index is -0.350. The maximum atomic E-state index is 12.1. The highest BCUT2D eigenvalue weighted by molar-refractivity contribution is 5.89. The Labute approximate surface area is 124 Å². The molecule has 2 heterocycles. The average Bonchev–Trinajstić information content (AvgIpc) is 2.90. The van der Waals surface area contributed by atoms with Crippen LogP contribution in [0.2, 0.25) is 0 Å². The van der Waals surface area contributed by atoms with Crippen LogP contribution in [-0.4, -0.2) is 36.9 Å². The Morgan fingerprint density at radius 1 is 1.24 bits per heavy atom. The van der Waals surface area contributed by atoms with Gasteiger partial charge in [-0.3, -0.25) is 0 Å². The molecule has 2 fully saturated rings. The van der Waals surface area contributed by atoms with Gasteiger partial charge in [0, 0.05) is 6.42 Å². The molecule has 0 radical (unpaired) electrons. The Bertz CT molecular complexity index is 489. The first kappa shape index (κ1) is 14.5. The largest absolute Gasteiger partial charge is 0.456 e. The van der Waals surface area contributed by atoms with E-state index in [0.717, 1.165) is 6.42 Å². The standard InChI is InChI=1S/C16H20O5/c1-3-14-19-13-9-12(10(2)18-16(13)21-14)20-15(17)11-7-5-4-6-8-11/h4-8,10,12-14,16H,3,9H2,1-2H3/t10-,12+,13-,14-,16-/m1/s1. The van der Waals surface area contributed by atoms with Crippen LogP contribution in [0.5, 0.6) is 0 Å². The Hall–Kier alpha value is -1.43. The molecule has 1 aromatic rings. The fourth-order valence-electron chi connectivity index (χ4n) is 2.65. The smallest absolute Gasteiger partial charge is 0.338 e. The van der Waals surface area contributed by atoms with Gasteiger partial charge >= 0.3 is 5.97 Å². The lowest BCUT2D eigenvalue weighted by Gasteiger charge is -2.34.